The molecule has 0 saturated carbocycles. The second-order valence-corrected chi connectivity index (χ2v) is 13.3. The first-order chi connectivity index (χ1) is 3.63. The molecule has 0 aromatic rings. The van der Waals surface area contributed by atoms with Crippen LogP contribution in [0.3, 0.4) is 0 Å². The van der Waals surface area contributed by atoms with Crippen molar-refractivity contribution in [3.63, 3.8) is 0 Å². The average Bonchev–Trinajstić information content (AvgIpc) is 1.86. The van der Waals surface area contributed by atoms with E-state index < -0.39 is 13.3 Å². The minimum atomic E-state index is -1.74. The van der Waals surface area contributed by atoms with Crippen LogP contribution in [0.4, 0.5) is 0 Å². The molecule has 1 rings (SSSR count). The van der Waals surface area contributed by atoms with Gasteiger partial charge in [0.2, 0.25) is 0 Å². The number of hydrogen-bond acceptors (Lipinski definition) is 1. The molecule has 1 saturated heterocycles. The van der Waals surface area contributed by atoms with E-state index in [0.717, 1.165) is 6.42 Å². The van der Waals surface area contributed by atoms with Crippen molar-refractivity contribution in [2.75, 3.05) is 0 Å². The van der Waals surface area contributed by atoms with Gasteiger partial charge in [0.05, 0.1) is 0 Å². The van der Waals surface area contributed by atoms with Crippen molar-refractivity contribution in [3.05, 3.63) is 0 Å². The zero-order chi connectivity index (χ0) is 6.20. The van der Waals surface area contributed by atoms with Gasteiger partial charge in [0.1, 0.15) is 0 Å². The van der Waals surface area contributed by atoms with Crippen molar-refractivity contribution < 1.29 is 4.79 Å². The van der Waals surface area contributed by atoms with Crippen LogP contribution in [0, 0.1) is 0 Å². The molecule has 0 radical (unpaired) electrons. The van der Waals surface area contributed by atoms with Gasteiger partial charge in [-0.25, -0.2) is 0 Å². The van der Waals surface area contributed by atoms with E-state index in [1.807, 2.05) is 0 Å². The summed E-state index contributed by atoms with van der Waals surface area (Å²) in [5, 5.41) is 1.28. The summed E-state index contributed by atoms with van der Waals surface area (Å²) in [4.78, 5) is 11.0. The van der Waals surface area contributed by atoms with Crippen molar-refractivity contribution in [1.82, 2.24) is 0 Å². The van der Waals surface area contributed by atoms with E-state index in [9.17, 15) is 4.79 Å². The van der Waals surface area contributed by atoms with Crippen molar-refractivity contribution in [3.8, 4) is 0 Å². The van der Waals surface area contributed by atoms with Gasteiger partial charge in [0.15, 0.2) is 0 Å². The Balaban J connectivity index is 2.68. The second-order valence-electron chi connectivity index (χ2n) is 3.16. The molecule has 1 heterocycles. The summed E-state index contributed by atoms with van der Waals surface area (Å²) < 4.78 is 0.630. The van der Waals surface area contributed by atoms with Gasteiger partial charge in [0, 0.05) is 0 Å². The zero-order valence-electron chi connectivity index (χ0n) is 5.53. The van der Waals surface area contributed by atoms with Crippen LogP contribution < -0.4 is 0 Å². The third-order valence-corrected chi connectivity index (χ3v) is 9.02. The van der Waals surface area contributed by atoms with E-state index in [1.54, 1.807) is 0 Å². The van der Waals surface area contributed by atoms with E-state index in [0.29, 0.717) is 4.62 Å². The van der Waals surface area contributed by atoms with Gasteiger partial charge in [-0.2, -0.15) is 0 Å². The fourth-order valence-electron chi connectivity index (χ4n) is 1.17. The van der Waals surface area contributed by atoms with Crippen LogP contribution >= 0.6 is 0 Å². The summed E-state index contributed by atoms with van der Waals surface area (Å²) in [5.41, 5.74) is 0. The van der Waals surface area contributed by atoms with Gasteiger partial charge < -0.3 is 0 Å². The van der Waals surface area contributed by atoms with Crippen molar-refractivity contribution in [2.24, 2.45) is 0 Å². The first-order valence-corrected chi connectivity index (χ1v) is 9.89. The summed E-state index contributed by atoms with van der Waals surface area (Å²) in [5.74, 6) is 4.44. The molecule has 8 heavy (non-hydrogen) atoms. The molecular weight excluding hydrogens is 161 g/mol. The number of rotatable bonds is 0. The van der Waals surface area contributed by atoms with Crippen LogP contribution in [0.2, 0.25) is 16.8 Å². The third-order valence-electron chi connectivity index (χ3n) is 1.96. The molecule has 0 aromatic heterocycles. The van der Waals surface area contributed by atoms with Gasteiger partial charge in [-0.05, 0) is 0 Å². The average molecular weight is 173 g/mol. The normalized spacial score (nSPS) is 26.5. The van der Waals surface area contributed by atoms with Crippen LogP contribution in [-0.2, 0) is 4.79 Å². The van der Waals surface area contributed by atoms with Crippen LogP contribution in [0.25, 0.3) is 0 Å². The van der Waals surface area contributed by atoms with E-state index >= 15 is 0 Å². The first kappa shape index (κ1) is 6.33. The summed E-state index contributed by atoms with van der Waals surface area (Å²) in [6, 6.07) is 0. The van der Waals surface area contributed by atoms with Crippen molar-refractivity contribution in [2.45, 2.75) is 29.6 Å². The molecule has 2 heteroatoms. The molecule has 0 aliphatic carbocycles. The third kappa shape index (κ3) is 0.967. The van der Waals surface area contributed by atoms with Crippen molar-refractivity contribution in [1.29, 1.82) is 0 Å². The predicted octanol–water partition coefficient (Wildman–Crippen LogP) is 1.60. The maximum absolute atomic E-state index is 11.0. The Bertz CT molecular complexity index is 118. The molecule has 1 nitrogen and oxygen atoms in total. The van der Waals surface area contributed by atoms with Gasteiger partial charge in [0.25, 0.3) is 0 Å². The van der Waals surface area contributed by atoms with Gasteiger partial charge >= 0.3 is 52.3 Å². The van der Waals surface area contributed by atoms with E-state index in [-0.39, 0.29) is 0 Å². The molecule has 0 atom stereocenters. The molecule has 0 N–H and O–H groups in total. The molecule has 1 aliphatic rings. The minimum absolute atomic E-state index is 0.630. The predicted molar refractivity (Wildman–Crippen MR) is 36.5 cm³/mol. The Labute approximate surface area is 52.8 Å². The Hall–Kier alpha value is 0.213. The van der Waals surface area contributed by atoms with Gasteiger partial charge in [-0.1, -0.05) is 0 Å². The molecule has 0 amide bonds. The summed E-state index contributed by atoms with van der Waals surface area (Å²) in [6.45, 7) is 0. The van der Waals surface area contributed by atoms with Crippen LogP contribution in [0.5, 0.6) is 0 Å². The van der Waals surface area contributed by atoms with E-state index in [4.69, 9.17) is 0 Å². The number of carbonyl (C=O) groups is 1. The summed E-state index contributed by atoms with van der Waals surface area (Å²) in [6.07, 6.45) is 2.08. The molecular formula is C6H12GeO. The topological polar surface area (TPSA) is 17.1 Å². The van der Waals surface area contributed by atoms with Gasteiger partial charge in [-0.15, -0.1) is 0 Å². The van der Waals surface area contributed by atoms with Crippen LogP contribution in [-0.4, -0.2) is 17.9 Å². The molecule has 0 unspecified atom stereocenters. The molecule has 0 aromatic carbocycles. The Morgan fingerprint density at radius 2 is 2.12 bits per heavy atom. The Morgan fingerprint density at radius 1 is 1.50 bits per heavy atom. The molecule has 1 fully saturated rings. The number of hydrogen-bond donors (Lipinski definition) is 0. The molecule has 0 bridgehead atoms. The summed E-state index contributed by atoms with van der Waals surface area (Å²) >= 11 is -1.74. The van der Waals surface area contributed by atoms with Crippen LogP contribution in [0.15, 0.2) is 0 Å². The molecule has 46 valence electrons. The van der Waals surface area contributed by atoms with Crippen molar-refractivity contribution >= 4 is 17.9 Å². The standard InChI is InChI=1S/C6H12GeO/c1-7(2)5-3-4-6(7)8/h3-5H2,1-2H3. The quantitative estimate of drug-likeness (QED) is 0.508. The SMILES string of the molecule is [CH3][Ge]1([CH3])[CH2]CC[C]1=O. The molecule has 1 aliphatic heterocycles. The monoisotopic (exact) mass is 174 g/mol. The molecule has 0 spiro atoms. The van der Waals surface area contributed by atoms with Crippen LogP contribution in [0.1, 0.15) is 12.8 Å². The fourth-order valence-corrected chi connectivity index (χ4v) is 5.77. The van der Waals surface area contributed by atoms with E-state index in [2.05, 4.69) is 11.5 Å². The first-order valence-electron chi connectivity index (χ1n) is 3.16. The fraction of sp³-hybridized carbons (Fsp3) is 0.833. The maximum atomic E-state index is 11.0. The van der Waals surface area contributed by atoms with E-state index in [1.165, 1.54) is 11.7 Å². The second kappa shape index (κ2) is 1.87. The summed E-state index contributed by atoms with van der Waals surface area (Å²) in [7, 11) is 0. The Kier molecular flexibility index (Phi) is 1.48. The Morgan fingerprint density at radius 3 is 2.25 bits per heavy atom. The number of carbonyl (C=O) groups excluding carboxylic acids is 1. The zero-order valence-corrected chi connectivity index (χ0v) is 7.63. The van der Waals surface area contributed by atoms with Gasteiger partial charge in [-0.3, -0.25) is 0 Å².